The lowest BCUT2D eigenvalue weighted by Crippen LogP contribution is -2.46. The molecule has 1 unspecified atom stereocenters. The van der Waals surface area contributed by atoms with Crippen molar-refractivity contribution in [2.75, 3.05) is 13.2 Å². The molecule has 1 aliphatic heterocycles. The molecule has 0 radical (unpaired) electrons. The van der Waals surface area contributed by atoms with E-state index in [1.807, 2.05) is 18.5 Å². The Morgan fingerprint density at radius 2 is 2.24 bits per heavy atom. The first-order valence-corrected chi connectivity index (χ1v) is 8.87. The van der Waals surface area contributed by atoms with Gasteiger partial charge in [0.1, 0.15) is 0 Å². The van der Waals surface area contributed by atoms with Gasteiger partial charge in [0.25, 0.3) is 0 Å². The first-order chi connectivity index (χ1) is 9.88. The van der Waals surface area contributed by atoms with Gasteiger partial charge in [-0.05, 0) is 32.3 Å². The van der Waals surface area contributed by atoms with Crippen LogP contribution in [0.2, 0.25) is 0 Å². The maximum Gasteiger partial charge on any atom is 0.242 e. The molecule has 0 spiro atoms. The molecule has 1 aliphatic carbocycles. The van der Waals surface area contributed by atoms with Gasteiger partial charge in [0.2, 0.25) is 10.0 Å². The SMILES string of the molecule is Cn1cc(S(=O)(=O)NC2(C)CCOC2)cc1CNC1CC1. The van der Waals surface area contributed by atoms with Crippen LogP contribution in [-0.4, -0.2) is 37.8 Å². The zero-order valence-electron chi connectivity index (χ0n) is 12.6. The summed E-state index contributed by atoms with van der Waals surface area (Å²) < 4.78 is 35.0. The lowest BCUT2D eigenvalue weighted by atomic mass is 10.0. The molecule has 1 aromatic heterocycles. The van der Waals surface area contributed by atoms with E-state index in [1.54, 1.807) is 12.3 Å². The van der Waals surface area contributed by atoms with Gasteiger partial charge in [-0.1, -0.05) is 0 Å². The van der Waals surface area contributed by atoms with Gasteiger partial charge in [-0.2, -0.15) is 0 Å². The van der Waals surface area contributed by atoms with Crippen LogP contribution in [-0.2, 0) is 28.4 Å². The maximum absolute atomic E-state index is 12.5. The molecule has 1 saturated heterocycles. The molecule has 2 aliphatic rings. The fourth-order valence-electron chi connectivity index (χ4n) is 2.57. The Kier molecular flexibility index (Phi) is 3.85. The number of aromatic nitrogens is 1. The number of aryl methyl sites for hydroxylation is 1. The van der Waals surface area contributed by atoms with E-state index >= 15 is 0 Å². The first kappa shape index (κ1) is 15.0. The minimum atomic E-state index is -3.51. The lowest BCUT2D eigenvalue weighted by Gasteiger charge is -2.22. The third-order valence-electron chi connectivity index (χ3n) is 4.14. The van der Waals surface area contributed by atoms with Gasteiger partial charge in [-0.3, -0.25) is 0 Å². The van der Waals surface area contributed by atoms with Crippen LogP contribution in [0.4, 0.5) is 0 Å². The molecule has 21 heavy (non-hydrogen) atoms. The van der Waals surface area contributed by atoms with Crippen LogP contribution in [0.1, 0.15) is 31.9 Å². The van der Waals surface area contributed by atoms with Crippen LogP contribution in [0, 0.1) is 0 Å². The van der Waals surface area contributed by atoms with Gasteiger partial charge in [-0.15, -0.1) is 0 Å². The number of ether oxygens (including phenoxy) is 1. The van der Waals surface area contributed by atoms with E-state index in [4.69, 9.17) is 4.74 Å². The fraction of sp³-hybridized carbons (Fsp3) is 0.714. The van der Waals surface area contributed by atoms with Gasteiger partial charge >= 0.3 is 0 Å². The third kappa shape index (κ3) is 3.48. The monoisotopic (exact) mass is 313 g/mol. The highest BCUT2D eigenvalue weighted by atomic mass is 32.2. The fourth-order valence-corrected chi connectivity index (χ4v) is 4.08. The Morgan fingerprint density at radius 3 is 2.86 bits per heavy atom. The Hall–Kier alpha value is -0.890. The molecule has 1 atom stereocenters. The number of nitrogens with zero attached hydrogens (tertiary/aromatic N) is 1. The van der Waals surface area contributed by atoms with Gasteiger partial charge in [0.05, 0.1) is 17.0 Å². The van der Waals surface area contributed by atoms with E-state index < -0.39 is 15.6 Å². The Bertz CT molecular complexity index is 613. The summed E-state index contributed by atoms with van der Waals surface area (Å²) in [6, 6.07) is 2.35. The molecule has 0 aromatic carbocycles. The molecule has 2 N–H and O–H groups in total. The molecule has 0 bridgehead atoms. The second-order valence-corrected chi connectivity index (χ2v) is 8.08. The summed E-state index contributed by atoms with van der Waals surface area (Å²) in [7, 11) is -1.63. The van der Waals surface area contributed by atoms with Crippen LogP contribution in [0.5, 0.6) is 0 Å². The molecule has 0 amide bonds. The summed E-state index contributed by atoms with van der Waals surface area (Å²) in [5.74, 6) is 0. The van der Waals surface area contributed by atoms with E-state index in [9.17, 15) is 8.42 Å². The molecule has 1 saturated carbocycles. The number of rotatable bonds is 6. The van der Waals surface area contributed by atoms with Gasteiger partial charge in [0, 0.05) is 38.1 Å². The van der Waals surface area contributed by atoms with Crippen molar-refractivity contribution in [3.8, 4) is 0 Å². The molecular formula is C14H23N3O3S. The van der Waals surface area contributed by atoms with Gasteiger partial charge < -0.3 is 14.6 Å². The Labute approximate surface area is 125 Å². The van der Waals surface area contributed by atoms with Crippen molar-refractivity contribution < 1.29 is 13.2 Å². The van der Waals surface area contributed by atoms with E-state index in [0.717, 1.165) is 5.69 Å². The van der Waals surface area contributed by atoms with E-state index in [2.05, 4.69) is 10.0 Å². The maximum atomic E-state index is 12.5. The summed E-state index contributed by atoms with van der Waals surface area (Å²) in [5.41, 5.74) is 0.483. The van der Waals surface area contributed by atoms with Crippen molar-refractivity contribution in [3.05, 3.63) is 18.0 Å². The predicted octanol–water partition coefficient (Wildman–Crippen LogP) is 0.734. The molecule has 7 heteroatoms. The van der Waals surface area contributed by atoms with Crippen molar-refractivity contribution in [2.45, 2.75) is 49.2 Å². The van der Waals surface area contributed by atoms with Crippen molar-refractivity contribution in [2.24, 2.45) is 7.05 Å². The van der Waals surface area contributed by atoms with Crippen LogP contribution in [0.25, 0.3) is 0 Å². The number of hydrogen-bond donors (Lipinski definition) is 2. The molecule has 6 nitrogen and oxygen atoms in total. The largest absolute Gasteiger partial charge is 0.379 e. The summed E-state index contributed by atoms with van der Waals surface area (Å²) in [6.45, 7) is 3.62. The summed E-state index contributed by atoms with van der Waals surface area (Å²) in [5, 5.41) is 3.40. The summed E-state index contributed by atoms with van der Waals surface area (Å²) >= 11 is 0. The van der Waals surface area contributed by atoms with E-state index in [0.29, 0.717) is 37.1 Å². The van der Waals surface area contributed by atoms with Crippen LogP contribution >= 0.6 is 0 Å². The smallest absolute Gasteiger partial charge is 0.242 e. The van der Waals surface area contributed by atoms with Crippen molar-refractivity contribution in [1.82, 2.24) is 14.6 Å². The third-order valence-corrected chi connectivity index (χ3v) is 5.75. The average molecular weight is 313 g/mol. The first-order valence-electron chi connectivity index (χ1n) is 7.38. The molecular weight excluding hydrogens is 290 g/mol. The zero-order chi connectivity index (χ0) is 15.1. The summed E-state index contributed by atoms with van der Waals surface area (Å²) in [6.07, 6.45) is 4.81. The normalized spacial score (nSPS) is 26.4. The van der Waals surface area contributed by atoms with Crippen LogP contribution < -0.4 is 10.0 Å². The molecule has 2 fully saturated rings. The second-order valence-electron chi connectivity index (χ2n) is 6.40. The van der Waals surface area contributed by atoms with Crippen molar-refractivity contribution in [3.63, 3.8) is 0 Å². The van der Waals surface area contributed by atoms with Crippen LogP contribution in [0.15, 0.2) is 17.2 Å². The zero-order valence-corrected chi connectivity index (χ0v) is 13.4. The minimum Gasteiger partial charge on any atom is -0.379 e. The van der Waals surface area contributed by atoms with Gasteiger partial charge in [0.15, 0.2) is 0 Å². The van der Waals surface area contributed by atoms with Crippen molar-refractivity contribution >= 4 is 10.0 Å². The molecule has 3 rings (SSSR count). The van der Waals surface area contributed by atoms with E-state index in [-0.39, 0.29) is 0 Å². The van der Waals surface area contributed by atoms with E-state index in [1.165, 1.54) is 12.8 Å². The minimum absolute atomic E-state index is 0.325. The highest BCUT2D eigenvalue weighted by Gasteiger charge is 2.35. The number of hydrogen-bond acceptors (Lipinski definition) is 4. The quantitative estimate of drug-likeness (QED) is 0.812. The average Bonchev–Trinajstić information content (AvgIpc) is 3.02. The number of nitrogens with one attached hydrogen (secondary N) is 2. The molecule has 2 heterocycles. The number of sulfonamides is 1. The Balaban J connectivity index is 1.73. The van der Waals surface area contributed by atoms with Crippen LogP contribution in [0.3, 0.4) is 0 Å². The topological polar surface area (TPSA) is 72.4 Å². The Morgan fingerprint density at radius 1 is 1.48 bits per heavy atom. The molecule has 118 valence electrons. The highest BCUT2D eigenvalue weighted by Crippen LogP contribution is 2.23. The highest BCUT2D eigenvalue weighted by molar-refractivity contribution is 7.89. The van der Waals surface area contributed by atoms with Gasteiger partial charge in [-0.25, -0.2) is 13.1 Å². The summed E-state index contributed by atoms with van der Waals surface area (Å²) in [4.78, 5) is 0.325. The standard InChI is InChI=1S/C14H23N3O3S/c1-14(5-6-20-10-14)16-21(18,19)13-7-12(17(2)9-13)8-15-11-3-4-11/h7,9,11,15-16H,3-6,8,10H2,1-2H3. The lowest BCUT2D eigenvalue weighted by molar-refractivity contribution is 0.178. The molecule has 1 aromatic rings. The predicted molar refractivity (Wildman–Crippen MR) is 79.4 cm³/mol. The second kappa shape index (κ2) is 5.39. The van der Waals surface area contributed by atoms with Crippen molar-refractivity contribution in [1.29, 1.82) is 0 Å².